The minimum absolute atomic E-state index is 0.0399. The number of nitrogens with zero attached hydrogens (tertiary/aromatic N) is 3. The number of alkyl halides is 1. The molecule has 0 aliphatic carbocycles. The summed E-state index contributed by atoms with van der Waals surface area (Å²) in [5, 5.41) is 26.7. The van der Waals surface area contributed by atoms with Crippen LogP contribution < -0.4 is 16.0 Å². The first kappa shape index (κ1) is 23.0. The van der Waals surface area contributed by atoms with E-state index in [0.717, 1.165) is 6.07 Å². The van der Waals surface area contributed by atoms with Gasteiger partial charge in [0, 0.05) is 24.5 Å². The lowest BCUT2D eigenvalue weighted by molar-refractivity contribution is -0.00177. The molecular weight excluding hydrogens is 394 g/mol. The Morgan fingerprint density at radius 3 is 2.57 bits per heavy atom. The Bertz CT molecular complexity index is 953. The highest BCUT2D eigenvalue weighted by molar-refractivity contribution is 5.99. The number of amides is 1. The van der Waals surface area contributed by atoms with Gasteiger partial charge in [-0.3, -0.25) is 4.79 Å². The third kappa shape index (κ3) is 6.09. The summed E-state index contributed by atoms with van der Waals surface area (Å²) in [6, 6.07) is 4.30. The standard InChI is InChI=1S/C20H24F2N6O2/c1-11(2)27-15-6-17(28-18-14(21)5-12(7-23)8-25-18)24-9-13(15)19(29)26-10-16(22)20(3,4)30/h5-6,8-9,11,16,30H,10H2,1-4H3,(H,26,29)(H2,24,25,27,28). The number of nitrogens with one attached hydrogen (secondary N) is 3. The molecule has 0 radical (unpaired) electrons. The van der Waals surface area contributed by atoms with Gasteiger partial charge < -0.3 is 21.1 Å². The summed E-state index contributed by atoms with van der Waals surface area (Å²) in [5.41, 5.74) is -0.952. The largest absolute Gasteiger partial charge is 0.387 e. The second-order valence-electron chi connectivity index (χ2n) is 7.54. The number of hydrogen-bond donors (Lipinski definition) is 4. The first-order valence-corrected chi connectivity index (χ1v) is 9.25. The SMILES string of the molecule is CC(C)Nc1cc(Nc2ncc(C#N)cc2F)ncc1C(=O)NCC(F)C(C)(C)O. The molecule has 0 saturated heterocycles. The van der Waals surface area contributed by atoms with Crippen molar-refractivity contribution in [2.24, 2.45) is 0 Å². The molecular formula is C20H24F2N6O2. The molecule has 0 spiro atoms. The van der Waals surface area contributed by atoms with Gasteiger partial charge in [0.2, 0.25) is 0 Å². The predicted molar refractivity (Wildman–Crippen MR) is 109 cm³/mol. The summed E-state index contributed by atoms with van der Waals surface area (Å²) in [6.07, 6.45) is 0.833. The number of nitriles is 1. The molecule has 160 valence electrons. The Balaban J connectivity index is 2.24. The van der Waals surface area contributed by atoms with Gasteiger partial charge in [0.25, 0.3) is 5.91 Å². The second-order valence-corrected chi connectivity index (χ2v) is 7.54. The maximum atomic E-state index is 14.1. The lowest BCUT2D eigenvalue weighted by Gasteiger charge is -2.23. The van der Waals surface area contributed by atoms with E-state index in [2.05, 4.69) is 25.9 Å². The van der Waals surface area contributed by atoms with Crippen LogP contribution in [0.25, 0.3) is 0 Å². The van der Waals surface area contributed by atoms with Crippen molar-refractivity contribution in [1.82, 2.24) is 15.3 Å². The molecule has 1 atom stereocenters. The van der Waals surface area contributed by atoms with Gasteiger partial charge in [0.15, 0.2) is 11.6 Å². The number of carbonyl (C=O) groups excluding carboxylic acids is 1. The predicted octanol–water partition coefficient (Wildman–Crippen LogP) is 2.89. The van der Waals surface area contributed by atoms with Gasteiger partial charge in [-0.2, -0.15) is 5.26 Å². The molecule has 0 bridgehead atoms. The number of rotatable bonds is 8. The molecule has 2 aromatic rings. The highest BCUT2D eigenvalue weighted by Gasteiger charge is 2.27. The summed E-state index contributed by atoms with van der Waals surface area (Å²) in [7, 11) is 0. The van der Waals surface area contributed by atoms with Crippen LogP contribution >= 0.6 is 0 Å². The van der Waals surface area contributed by atoms with Crippen molar-refractivity contribution >= 4 is 23.2 Å². The Morgan fingerprint density at radius 2 is 2.00 bits per heavy atom. The zero-order valence-corrected chi connectivity index (χ0v) is 17.1. The number of pyridine rings is 2. The summed E-state index contributed by atoms with van der Waals surface area (Å²) in [6.45, 7) is 5.98. The lowest BCUT2D eigenvalue weighted by atomic mass is 10.0. The van der Waals surface area contributed by atoms with E-state index in [1.165, 1.54) is 32.3 Å². The molecule has 0 saturated carbocycles. The Morgan fingerprint density at radius 1 is 1.30 bits per heavy atom. The van der Waals surface area contributed by atoms with E-state index in [1.807, 2.05) is 13.8 Å². The van der Waals surface area contributed by atoms with Gasteiger partial charge in [-0.15, -0.1) is 0 Å². The Labute approximate surface area is 173 Å². The number of aromatic nitrogens is 2. The molecule has 30 heavy (non-hydrogen) atoms. The molecule has 2 heterocycles. The van der Waals surface area contributed by atoms with Crippen molar-refractivity contribution in [1.29, 1.82) is 5.26 Å². The third-order valence-electron chi connectivity index (χ3n) is 4.02. The first-order chi connectivity index (χ1) is 14.0. The number of hydrogen-bond acceptors (Lipinski definition) is 7. The molecule has 2 rings (SSSR count). The molecule has 0 aliphatic rings. The fourth-order valence-electron chi connectivity index (χ4n) is 2.37. The molecule has 4 N–H and O–H groups in total. The average Bonchev–Trinajstić information content (AvgIpc) is 2.66. The molecule has 0 aromatic carbocycles. The molecule has 1 unspecified atom stereocenters. The summed E-state index contributed by atoms with van der Waals surface area (Å²) in [5.74, 6) is -1.21. The van der Waals surface area contributed by atoms with Crippen molar-refractivity contribution in [3.63, 3.8) is 0 Å². The van der Waals surface area contributed by atoms with Crippen LogP contribution in [0.15, 0.2) is 24.5 Å². The van der Waals surface area contributed by atoms with Gasteiger partial charge in [0.05, 0.1) is 29.0 Å². The lowest BCUT2D eigenvalue weighted by Crippen LogP contribution is -2.42. The van der Waals surface area contributed by atoms with E-state index < -0.39 is 23.5 Å². The summed E-state index contributed by atoms with van der Waals surface area (Å²) >= 11 is 0. The molecule has 1 amide bonds. The molecule has 2 aromatic heterocycles. The molecule has 10 heteroatoms. The van der Waals surface area contributed by atoms with Crippen molar-refractivity contribution in [3.8, 4) is 6.07 Å². The number of aliphatic hydroxyl groups is 1. The maximum absolute atomic E-state index is 14.1. The van der Waals surface area contributed by atoms with Crippen LogP contribution in [0.1, 0.15) is 43.6 Å². The van der Waals surface area contributed by atoms with Crippen LogP contribution in [0.2, 0.25) is 0 Å². The fourth-order valence-corrected chi connectivity index (χ4v) is 2.37. The topological polar surface area (TPSA) is 123 Å². The maximum Gasteiger partial charge on any atom is 0.255 e. The molecule has 0 fully saturated rings. The fraction of sp³-hybridized carbons (Fsp3) is 0.400. The highest BCUT2D eigenvalue weighted by atomic mass is 19.1. The zero-order valence-electron chi connectivity index (χ0n) is 17.1. The van der Waals surface area contributed by atoms with Gasteiger partial charge >= 0.3 is 0 Å². The van der Waals surface area contributed by atoms with Crippen LogP contribution in [0.3, 0.4) is 0 Å². The second kappa shape index (κ2) is 9.45. The van der Waals surface area contributed by atoms with E-state index in [4.69, 9.17) is 5.26 Å². The smallest absolute Gasteiger partial charge is 0.255 e. The van der Waals surface area contributed by atoms with E-state index in [0.29, 0.717) is 5.69 Å². The van der Waals surface area contributed by atoms with Crippen LogP contribution in [-0.2, 0) is 0 Å². The number of anilines is 3. The number of carbonyl (C=O) groups is 1. The highest BCUT2D eigenvalue weighted by Crippen LogP contribution is 2.23. The Kier molecular flexibility index (Phi) is 7.24. The van der Waals surface area contributed by atoms with Gasteiger partial charge in [0.1, 0.15) is 18.1 Å². The quantitative estimate of drug-likeness (QED) is 0.520. The van der Waals surface area contributed by atoms with E-state index in [1.54, 1.807) is 6.07 Å². The van der Waals surface area contributed by atoms with Crippen molar-refractivity contribution in [3.05, 3.63) is 41.5 Å². The van der Waals surface area contributed by atoms with Crippen LogP contribution in [-0.4, -0.2) is 45.3 Å². The average molecular weight is 418 g/mol. The van der Waals surface area contributed by atoms with Gasteiger partial charge in [-0.1, -0.05) is 0 Å². The Hall–Kier alpha value is -3.32. The van der Waals surface area contributed by atoms with E-state index in [-0.39, 0.29) is 35.3 Å². The third-order valence-corrected chi connectivity index (χ3v) is 4.02. The van der Waals surface area contributed by atoms with Crippen molar-refractivity contribution in [2.75, 3.05) is 17.2 Å². The number of halogens is 2. The van der Waals surface area contributed by atoms with E-state index in [9.17, 15) is 18.7 Å². The van der Waals surface area contributed by atoms with Crippen molar-refractivity contribution < 1.29 is 18.7 Å². The zero-order chi connectivity index (χ0) is 22.5. The summed E-state index contributed by atoms with van der Waals surface area (Å²) < 4.78 is 28.0. The van der Waals surface area contributed by atoms with Crippen LogP contribution in [0.5, 0.6) is 0 Å². The molecule has 8 nitrogen and oxygen atoms in total. The van der Waals surface area contributed by atoms with Gasteiger partial charge in [-0.25, -0.2) is 18.7 Å². The minimum Gasteiger partial charge on any atom is -0.387 e. The first-order valence-electron chi connectivity index (χ1n) is 9.25. The van der Waals surface area contributed by atoms with Gasteiger partial charge in [-0.05, 0) is 33.8 Å². The van der Waals surface area contributed by atoms with Crippen LogP contribution in [0, 0.1) is 17.1 Å². The molecule has 0 aliphatic heterocycles. The normalized spacial score (nSPS) is 12.2. The van der Waals surface area contributed by atoms with E-state index >= 15 is 0 Å². The van der Waals surface area contributed by atoms with Crippen molar-refractivity contribution in [2.45, 2.75) is 45.5 Å². The minimum atomic E-state index is -1.65. The summed E-state index contributed by atoms with van der Waals surface area (Å²) in [4.78, 5) is 20.5. The van der Waals surface area contributed by atoms with Crippen LogP contribution in [0.4, 0.5) is 26.1 Å². The monoisotopic (exact) mass is 418 g/mol.